The second-order valence-electron chi connectivity index (χ2n) is 11.5. The second kappa shape index (κ2) is 7.76. The van der Waals surface area contributed by atoms with Gasteiger partial charge in [0.1, 0.15) is 0 Å². The largest absolute Gasteiger partial charge is 0.481 e. The van der Waals surface area contributed by atoms with E-state index >= 15 is 0 Å². The average Bonchev–Trinajstić information content (AvgIpc) is 3.05. The number of aliphatic hydroxyl groups excluding tert-OH is 1. The summed E-state index contributed by atoms with van der Waals surface area (Å²) in [7, 11) is 0. The highest BCUT2D eigenvalue weighted by molar-refractivity contribution is 5.99. The molecular formula is C26H40O4. The number of rotatable bonds is 4. The lowest BCUT2D eigenvalue weighted by molar-refractivity contribution is -0.150. The van der Waals surface area contributed by atoms with Crippen LogP contribution >= 0.6 is 0 Å². The van der Waals surface area contributed by atoms with Gasteiger partial charge >= 0.3 is 5.97 Å². The standard InChI is InChI=1S/C26H40O4/c1-5-17-21-14-16(27)10-12-26(21,4)20-11-13-25(3)18(15(2)6-9-22(28)29)7-8-19(25)23(20)24(17)30/h5,15-16,18-21,23,27H,6-14H2,1-4H3,(H,28,29)/b17-5+/t15-,16-,18?,19?,20?,21?,23?,25-,26-/m1/s1. The number of ketones is 1. The first-order chi connectivity index (χ1) is 14.1. The van der Waals surface area contributed by atoms with Gasteiger partial charge in [0.25, 0.3) is 0 Å². The van der Waals surface area contributed by atoms with E-state index in [1.54, 1.807) is 0 Å². The predicted octanol–water partition coefficient (Wildman–Crippen LogP) is 5.24. The molecule has 0 saturated heterocycles. The minimum atomic E-state index is -0.705. The van der Waals surface area contributed by atoms with Crippen molar-refractivity contribution in [1.82, 2.24) is 0 Å². The first kappa shape index (κ1) is 22.0. The first-order valence-electron chi connectivity index (χ1n) is 12.2. The summed E-state index contributed by atoms with van der Waals surface area (Å²) in [4.78, 5) is 24.9. The Labute approximate surface area is 181 Å². The maximum absolute atomic E-state index is 13.8. The molecule has 0 aromatic carbocycles. The van der Waals surface area contributed by atoms with Crippen LogP contribution in [0, 0.1) is 46.3 Å². The molecule has 0 bridgehead atoms. The Morgan fingerprint density at radius 3 is 2.47 bits per heavy atom. The molecule has 4 heteroatoms. The van der Waals surface area contributed by atoms with Gasteiger partial charge in [-0.25, -0.2) is 0 Å². The van der Waals surface area contributed by atoms with Gasteiger partial charge in [-0.15, -0.1) is 0 Å². The smallest absolute Gasteiger partial charge is 0.303 e. The van der Waals surface area contributed by atoms with Gasteiger partial charge in [0.05, 0.1) is 6.10 Å². The molecule has 4 saturated carbocycles. The van der Waals surface area contributed by atoms with Gasteiger partial charge in [0.15, 0.2) is 5.78 Å². The van der Waals surface area contributed by atoms with Crippen LogP contribution in [0.5, 0.6) is 0 Å². The van der Waals surface area contributed by atoms with Crippen molar-refractivity contribution in [2.75, 3.05) is 0 Å². The first-order valence-corrected chi connectivity index (χ1v) is 12.2. The van der Waals surface area contributed by atoms with Crippen LogP contribution in [0.3, 0.4) is 0 Å². The minimum Gasteiger partial charge on any atom is -0.481 e. The third-order valence-electron chi connectivity index (χ3n) is 10.3. The summed E-state index contributed by atoms with van der Waals surface area (Å²) in [6.45, 7) is 9.04. The summed E-state index contributed by atoms with van der Waals surface area (Å²) >= 11 is 0. The van der Waals surface area contributed by atoms with E-state index in [2.05, 4.69) is 20.8 Å². The molecule has 4 fully saturated rings. The Morgan fingerprint density at radius 2 is 1.80 bits per heavy atom. The zero-order valence-corrected chi connectivity index (χ0v) is 19.2. The van der Waals surface area contributed by atoms with Crippen molar-refractivity contribution in [3.63, 3.8) is 0 Å². The third-order valence-corrected chi connectivity index (χ3v) is 10.3. The zero-order chi connectivity index (χ0) is 21.8. The quantitative estimate of drug-likeness (QED) is 0.614. The number of aliphatic carboxylic acids is 1. The summed E-state index contributed by atoms with van der Waals surface area (Å²) in [5.74, 6) is 1.74. The van der Waals surface area contributed by atoms with Gasteiger partial charge in [-0.05, 0) is 104 Å². The predicted molar refractivity (Wildman–Crippen MR) is 117 cm³/mol. The molecule has 0 radical (unpaired) electrons. The number of hydrogen-bond acceptors (Lipinski definition) is 3. The van der Waals surface area contributed by atoms with E-state index in [9.17, 15) is 14.7 Å². The molecule has 4 rings (SSSR count). The highest BCUT2D eigenvalue weighted by atomic mass is 16.4. The SMILES string of the molecule is C/C=C1/C(=O)C2C(CC[C@@]3(C)C2CCC3[C@H](C)CCC(=O)O)[C@@]2(C)CC[C@@H](O)CC12. The fourth-order valence-electron chi connectivity index (χ4n) is 8.72. The topological polar surface area (TPSA) is 74.6 Å². The van der Waals surface area contributed by atoms with Gasteiger partial charge in [-0.1, -0.05) is 26.8 Å². The highest BCUT2D eigenvalue weighted by Gasteiger charge is 2.64. The number of fused-ring (bicyclic) bond motifs is 5. The third kappa shape index (κ3) is 3.20. The summed E-state index contributed by atoms with van der Waals surface area (Å²) in [5.41, 5.74) is 1.25. The Kier molecular flexibility index (Phi) is 5.70. The van der Waals surface area contributed by atoms with Crippen LogP contribution in [0.25, 0.3) is 0 Å². The maximum Gasteiger partial charge on any atom is 0.303 e. The van der Waals surface area contributed by atoms with Crippen LogP contribution in [0.15, 0.2) is 11.6 Å². The normalized spacial score (nSPS) is 48.0. The molecule has 0 amide bonds. The maximum atomic E-state index is 13.8. The van der Waals surface area contributed by atoms with Crippen molar-refractivity contribution < 1.29 is 19.8 Å². The summed E-state index contributed by atoms with van der Waals surface area (Å²) in [5, 5.41) is 19.5. The Morgan fingerprint density at radius 1 is 1.13 bits per heavy atom. The number of carboxylic acid groups (broad SMARTS) is 1. The lowest BCUT2D eigenvalue weighted by Crippen LogP contribution is -2.58. The fourth-order valence-corrected chi connectivity index (χ4v) is 8.72. The molecule has 0 aromatic heterocycles. The second-order valence-corrected chi connectivity index (χ2v) is 11.5. The van der Waals surface area contributed by atoms with Crippen molar-refractivity contribution in [1.29, 1.82) is 0 Å². The van der Waals surface area contributed by atoms with E-state index in [4.69, 9.17) is 5.11 Å². The van der Waals surface area contributed by atoms with Gasteiger partial charge in [0, 0.05) is 12.3 Å². The van der Waals surface area contributed by atoms with Gasteiger partial charge in [0.2, 0.25) is 0 Å². The molecule has 2 N–H and O–H groups in total. The van der Waals surface area contributed by atoms with E-state index in [-0.39, 0.29) is 35.2 Å². The molecule has 0 heterocycles. The number of Topliss-reactive ketones (excluding diaryl/α,β-unsaturated/α-hetero) is 1. The number of allylic oxidation sites excluding steroid dienone is 2. The van der Waals surface area contributed by atoms with Gasteiger partial charge < -0.3 is 10.2 Å². The highest BCUT2D eigenvalue weighted by Crippen LogP contribution is 2.68. The number of carbonyl (C=O) groups is 2. The van der Waals surface area contributed by atoms with Crippen LogP contribution in [0.2, 0.25) is 0 Å². The van der Waals surface area contributed by atoms with Crippen molar-refractivity contribution in [2.45, 2.75) is 91.6 Å². The zero-order valence-electron chi connectivity index (χ0n) is 19.2. The molecule has 168 valence electrons. The summed E-state index contributed by atoms with van der Waals surface area (Å²) < 4.78 is 0. The average molecular weight is 417 g/mol. The molecule has 4 aliphatic carbocycles. The van der Waals surface area contributed by atoms with Crippen LogP contribution in [-0.2, 0) is 9.59 Å². The van der Waals surface area contributed by atoms with E-state index in [0.717, 1.165) is 56.9 Å². The van der Waals surface area contributed by atoms with Crippen molar-refractivity contribution >= 4 is 11.8 Å². The van der Waals surface area contributed by atoms with Crippen molar-refractivity contribution in [2.24, 2.45) is 46.3 Å². The van der Waals surface area contributed by atoms with Crippen LogP contribution < -0.4 is 0 Å². The Balaban J connectivity index is 1.64. The number of carboxylic acids is 1. The summed E-state index contributed by atoms with van der Waals surface area (Å²) in [6.07, 6.45) is 9.86. The van der Waals surface area contributed by atoms with Crippen molar-refractivity contribution in [3.05, 3.63) is 11.6 Å². The molecule has 0 aromatic rings. The monoisotopic (exact) mass is 416 g/mol. The molecule has 4 aliphatic rings. The lowest BCUT2D eigenvalue weighted by atomic mass is 9.43. The van der Waals surface area contributed by atoms with E-state index in [1.165, 1.54) is 0 Å². The fraction of sp³-hybridized carbons (Fsp3) is 0.846. The van der Waals surface area contributed by atoms with Crippen LogP contribution in [0.4, 0.5) is 0 Å². The molecule has 30 heavy (non-hydrogen) atoms. The number of carbonyl (C=O) groups excluding carboxylic acids is 1. The van der Waals surface area contributed by atoms with E-state index in [1.807, 2.05) is 13.0 Å². The number of aliphatic hydroxyl groups is 1. The van der Waals surface area contributed by atoms with Crippen molar-refractivity contribution in [3.8, 4) is 0 Å². The lowest BCUT2D eigenvalue weighted by Gasteiger charge is -2.61. The molecule has 0 aliphatic heterocycles. The molecule has 0 spiro atoms. The van der Waals surface area contributed by atoms with Crippen LogP contribution in [-0.4, -0.2) is 28.1 Å². The minimum absolute atomic E-state index is 0.114. The number of hydrogen-bond donors (Lipinski definition) is 2. The molecule has 5 unspecified atom stereocenters. The molecular weight excluding hydrogens is 376 g/mol. The van der Waals surface area contributed by atoms with E-state index < -0.39 is 5.97 Å². The Hall–Kier alpha value is -1.16. The summed E-state index contributed by atoms with van der Waals surface area (Å²) in [6, 6.07) is 0. The molecule has 9 atom stereocenters. The van der Waals surface area contributed by atoms with Gasteiger partial charge in [-0.2, -0.15) is 0 Å². The van der Waals surface area contributed by atoms with E-state index in [0.29, 0.717) is 29.5 Å². The molecule has 4 nitrogen and oxygen atoms in total. The van der Waals surface area contributed by atoms with Crippen LogP contribution in [0.1, 0.15) is 85.5 Å². The Bertz CT molecular complexity index is 741. The van der Waals surface area contributed by atoms with Gasteiger partial charge in [-0.3, -0.25) is 9.59 Å².